The molecular formula is C42H55N6O12P. The largest absolute Gasteiger partial charge is 0.462 e. The van der Waals surface area contributed by atoms with Gasteiger partial charge in [-0.1, -0.05) is 18.2 Å². The summed E-state index contributed by atoms with van der Waals surface area (Å²) in [4.78, 5) is 58.6. The van der Waals surface area contributed by atoms with Crippen molar-refractivity contribution in [3.05, 3.63) is 54.5 Å². The first-order valence-corrected chi connectivity index (χ1v) is 22.1. The molecule has 330 valence electrons. The standard InChI is InChI=1S/C42H55N6O12P/c1-40(2,3)38(51)57-34-31(59-42(24-43,35(34)58-39(52)41(4,5)6)32-21-20-30-36(44)45-25-46-48(30)32)23-54-61(53,60-28-18-8-7-9-19-28)47-29(37(50)56-27-16-12-13-17-27)22-33(49)55-26-14-10-11-15-26/h7-9,18-21,25-27,29,31,34-35H,10-17,22-23H2,1-6H3,(H,47,53)(H2,44,45,46)/t29-,31+,34+,35+,42-,61-/m0/s1. The Morgan fingerprint density at radius 2 is 1.52 bits per heavy atom. The normalized spacial score (nSPS) is 23.8. The number of aromatic nitrogens is 3. The van der Waals surface area contributed by atoms with Crippen LogP contribution in [0.2, 0.25) is 0 Å². The molecule has 2 aromatic heterocycles. The Hall–Kier alpha value is -5.08. The summed E-state index contributed by atoms with van der Waals surface area (Å²) in [6.07, 6.45) is 1.31. The minimum absolute atomic E-state index is 0.0439. The molecular weight excluding hydrogens is 811 g/mol. The Labute approximate surface area is 354 Å². The first-order chi connectivity index (χ1) is 28.8. The number of nitrogens with zero attached hydrogens (tertiary/aromatic N) is 4. The maximum Gasteiger partial charge on any atom is 0.459 e. The van der Waals surface area contributed by atoms with Crippen LogP contribution in [0.4, 0.5) is 5.82 Å². The van der Waals surface area contributed by atoms with E-state index in [1.165, 1.54) is 29.0 Å². The molecule has 0 radical (unpaired) electrons. The van der Waals surface area contributed by atoms with E-state index >= 15 is 4.57 Å². The zero-order valence-corrected chi connectivity index (χ0v) is 36.3. The van der Waals surface area contributed by atoms with Gasteiger partial charge in [0.2, 0.25) is 5.60 Å². The third-order valence-corrected chi connectivity index (χ3v) is 12.2. The number of carbonyl (C=O) groups excluding carboxylic acids is 4. The van der Waals surface area contributed by atoms with Crippen LogP contribution < -0.4 is 15.3 Å². The summed E-state index contributed by atoms with van der Waals surface area (Å²) in [5, 5.41) is 18.1. The van der Waals surface area contributed by atoms with Crippen LogP contribution >= 0.6 is 7.75 Å². The van der Waals surface area contributed by atoms with Gasteiger partial charge in [-0.05, 0) is 117 Å². The van der Waals surface area contributed by atoms with Crippen molar-refractivity contribution in [3.8, 4) is 11.8 Å². The number of rotatable bonds is 15. The van der Waals surface area contributed by atoms with Gasteiger partial charge in [-0.15, -0.1) is 0 Å². The van der Waals surface area contributed by atoms with Gasteiger partial charge in [0, 0.05) is 0 Å². The molecule has 3 aromatic rings. The third kappa shape index (κ3) is 10.7. The number of esters is 4. The molecule has 1 aliphatic heterocycles. The number of hydrogen-bond donors (Lipinski definition) is 2. The zero-order chi connectivity index (χ0) is 44.2. The van der Waals surface area contributed by atoms with Crippen molar-refractivity contribution >= 4 is 43.0 Å². The van der Waals surface area contributed by atoms with E-state index in [-0.39, 0.29) is 23.4 Å². The molecule has 0 bridgehead atoms. The molecule has 1 saturated heterocycles. The molecule has 0 unspecified atom stereocenters. The van der Waals surface area contributed by atoms with Crippen LogP contribution in [0.3, 0.4) is 0 Å². The Kier molecular flexibility index (Phi) is 13.8. The van der Waals surface area contributed by atoms with Crippen molar-refractivity contribution < 1.29 is 56.5 Å². The van der Waals surface area contributed by atoms with Crippen LogP contribution in [0.1, 0.15) is 105 Å². The molecule has 2 saturated carbocycles. The van der Waals surface area contributed by atoms with Gasteiger partial charge in [-0.25, -0.2) is 14.1 Å². The van der Waals surface area contributed by atoms with Crippen molar-refractivity contribution in [2.75, 3.05) is 12.3 Å². The molecule has 61 heavy (non-hydrogen) atoms. The summed E-state index contributed by atoms with van der Waals surface area (Å²) in [5.41, 5.74) is 2.03. The second kappa shape index (κ2) is 18.5. The fourth-order valence-electron chi connectivity index (χ4n) is 7.31. The van der Waals surface area contributed by atoms with Crippen LogP contribution in [0.25, 0.3) is 5.52 Å². The first kappa shape index (κ1) is 45.4. The lowest BCUT2D eigenvalue weighted by atomic mass is 9.90. The van der Waals surface area contributed by atoms with E-state index in [1.807, 2.05) is 0 Å². The Bertz CT molecular complexity index is 2150. The van der Waals surface area contributed by atoms with Crippen molar-refractivity contribution in [3.63, 3.8) is 0 Å². The van der Waals surface area contributed by atoms with Crippen molar-refractivity contribution in [2.24, 2.45) is 10.8 Å². The maximum atomic E-state index is 15.1. The van der Waals surface area contributed by atoms with Gasteiger partial charge in [0.25, 0.3) is 0 Å². The molecule has 6 atom stereocenters. The number of para-hydroxylation sites is 1. The SMILES string of the molecule is CC(C)(C)C(=O)O[C@H]1[C@@H](OC(=O)C(C)(C)C)[C@](C#N)(c2ccc3c(N)ncnn23)O[C@@H]1CO[P@@](=O)(N[C@@H](CC(=O)OC1CCCC1)C(=O)OC1CCCC1)Oc1ccccc1. The number of nitrogen functional groups attached to an aromatic ring is 1. The van der Waals surface area contributed by atoms with Crippen molar-refractivity contribution in [1.29, 1.82) is 5.26 Å². The number of benzene rings is 1. The lowest BCUT2D eigenvalue weighted by Gasteiger charge is -2.32. The van der Waals surface area contributed by atoms with Crippen molar-refractivity contribution in [1.82, 2.24) is 19.7 Å². The molecule has 3 heterocycles. The van der Waals surface area contributed by atoms with Crippen LogP contribution in [-0.4, -0.2) is 81.6 Å². The van der Waals surface area contributed by atoms with Crippen LogP contribution in [0.15, 0.2) is 48.8 Å². The lowest BCUT2D eigenvalue weighted by molar-refractivity contribution is -0.179. The van der Waals surface area contributed by atoms with E-state index in [0.29, 0.717) is 31.2 Å². The summed E-state index contributed by atoms with van der Waals surface area (Å²) in [7, 11) is -4.78. The highest BCUT2D eigenvalue weighted by atomic mass is 31.2. The Balaban J connectivity index is 1.39. The minimum atomic E-state index is -4.78. The van der Waals surface area contributed by atoms with E-state index in [0.717, 1.165) is 25.7 Å². The first-order valence-electron chi connectivity index (χ1n) is 20.6. The molecule has 19 heteroatoms. The topological polar surface area (TPSA) is 242 Å². The van der Waals surface area contributed by atoms with Gasteiger partial charge in [0.15, 0.2) is 18.0 Å². The maximum absolute atomic E-state index is 15.1. The van der Waals surface area contributed by atoms with E-state index in [9.17, 15) is 24.4 Å². The lowest BCUT2D eigenvalue weighted by Crippen LogP contribution is -2.48. The Morgan fingerprint density at radius 3 is 2.13 bits per heavy atom. The second-order valence-corrected chi connectivity index (χ2v) is 19.4. The molecule has 18 nitrogen and oxygen atoms in total. The molecule has 6 rings (SSSR count). The highest BCUT2D eigenvalue weighted by Crippen LogP contribution is 2.49. The van der Waals surface area contributed by atoms with Gasteiger partial charge in [-0.2, -0.15) is 15.4 Å². The highest BCUT2D eigenvalue weighted by molar-refractivity contribution is 7.52. The summed E-state index contributed by atoms with van der Waals surface area (Å²) >= 11 is 0. The van der Waals surface area contributed by atoms with Gasteiger partial charge < -0.3 is 33.9 Å². The number of nitrogens with one attached hydrogen (secondary N) is 1. The van der Waals surface area contributed by atoms with Gasteiger partial charge in [0.1, 0.15) is 48.0 Å². The molecule has 1 aromatic carbocycles. The monoisotopic (exact) mass is 866 g/mol. The zero-order valence-electron chi connectivity index (χ0n) is 35.4. The predicted molar refractivity (Wildman–Crippen MR) is 217 cm³/mol. The number of hydrogen-bond acceptors (Lipinski definition) is 16. The van der Waals surface area contributed by atoms with Gasteiger partial charge >= 0.3 is 31.6 Å². The summed E-state index contributed by atoms with van der Waals surface area (Å²) in [6.45, 7) is 8.91. The van der Waals surface area contributed by atoms with Gasteiger partial charge in [0.05, 0.1) is 29.6 Å². The fraction of sp³-hybridized carbons (Fsp3) is 0.595. The summed E-state index contributed by atoms with van der Waals surface area (Å²) in [5.74, 6) is -2.94. The van der Waals surface area contributed by atoms with E-state index in [1.54, 1.807) is 65.8 Å². The summed E-state index contributed by atoms with van der Waals surface area (Å²) < 4.78 is 58.6. The summed E-state index contributed by atoms with van der Waals surface area (Å²) in [6, 6.07) is 11.6. The molecule has 3 aliphatic rings. The Morgan fingerprint density at radius 1 is 0.918 bits per heavy atom. The number of ether oxygens (including phenoxy) is 5. The average Bonchev–Trinajstić information content (AvgIpc) is 4.03. The fourth-order valence-corrected chi connectivity index (χ4v) is 8.81. The third-order valence-electron chi connectivity index (χ3n) is 10.7. The van der Waals surface area contributed by atoms with E-state index < -0.39 is 91.5 Å². The number of fused-ring (bicyclic) bond motifs is 1. The van der Waals surface area contributed by atoms with E-state index in [4.69, 9.17) is 38.5 Å². The predicted octanol–water partition coefficient (Wildman–Crippen LogP) is 5.87. The highest BCUT2D eigenvalue weighted by Gasteiger charge is 2.63. The number of nitriles is 1. The van der Waals surface area contributed by atoms with Gasteiger partial charge in [-0.3, -0.25) is 23.7 Å². The number of nitrogens with two attached hydrogens (primary N) is 1. The molecule has 0 spiro atoms. The quantitative estimate of drug-likeness (QED) is 0.103. The number of carbonyl (C=O) groups is 4. The van der Waals surface area contributed by atoms with Crippen molar-refractivity contribution in [2.45, 2.75) is 141 Å². The molecule has 3 fully saturated rings. The minimum Gasteiger partial charge on any atom is -0.462 e. The molecule has 0 amide bonds. The van der Waals surface area contributed by atoms with E-state index in [2.05, 4.69) is 21.2 Å². The van der Waals surface area contributed by atoms with Crippen LogP contribution in [-0.2, 0) is 57.6 Å². The van der Waals surface area contributed by atoms with Crippen LogP contribution in [0, 0.1) is 22.2 Å². The smallest absolute Gasteiger partial charge is 0.459 e. The molecule has 2 aliphatic carbocycles. The van der Waals surface area contributed by atoms with Crippen LogP contribution in [0.5, 0.6) is 5.75 Å². The average molecular weight is 867 g/mol. The second-order valence-electron chi connectivity index (χ2n) is 17.7. The number of anilines is 1. The molecule has 3 N–H and O–H groups in total.